The van der Waals surface area contributed by atoms with E-state index in [4.69, 9.17) is 14.7 Å². The summed E-state index contributed by atoms with van der Waals surface area (Å²) in [7, 11) is 1.46. The topological polar surface area (TPSA) is 59.3 Å². The van der Waals surface area contributed by atoms with E-state index in [2.05, 4.69) is 0 Å². The zero-order chi connectivity index (χ0) is 13.4. The van der Waals surface area contributed by atoms with Crippen molar-refractivity contribution in [1.82, 2.24) is 0 Å². The Balaban J connectivity index is 3.14. The molecule has 4 heteroatoms. The smallest absolute Gasteiger partial charge is 0.343 e. The average molecular weight is 247 g/mol. The van der Waals surface area contributed by atoms with Gasteiger partial charge in [0.25, 0.3) is 0 Å². The van der Waals surface area contributed by atoms with Crippen molar-refractivity contribution in [2.24, 2.45) is 0 Å². The Morgan fingerprint density at radius 2 is 2.06 bits per heavy atom. The van der Waals surface area contributed by atoms with Crippen LogP contribution in [0.4, 0.5) is 0 Å². The van der Waals surface area contributed by atoms with Crippen molar-refractivity contribution >= 4 is 5.97 Å². The van der Waals surface area contributed by atoms with Crippen LogP contribution < -0.4 is 0 Å². The normalized spacial score (nSPS) is 13.4. The van der Waals surface area contributed by atoms with Gasteiger partial charge in [-0.25, -0.2) is 4.79 Å². The van der Waals surface area contributed by atoms with E-state index in [9.17, 15) is 4.79 Å². The summed E-state index contributed by atoms with van der Waals surface area (Å²) in [6, 6.07) is 11.2. The molecule has 96 valence electrons. The molecule has 0 spiro atoms. The van der Waals surface area contributed by atoms with Crippen LogP contribution in [0.25, 0.3) is 0 Å². The molecule has 0 radical (unpaired) electrons. The third-order valence-corrected chi connectivity index (χ3v) is 2.78. The summed E-state index contributed by atoms with van der Waals surface area (Å²) in [5.74, 6) is -0.450. The van der Waals surface area contributed by atoms with Gasteiger partial charge in [-0.05, 0) is 12.5 Å². The largest absolute Gasteiger partial charge is 0.464 e. The van der Waals surface area contributed by atoms with Gasteiger partial charge in [-0.3, -0.25) is 0 Å². The summed E-state index contributed by atoms with van der Waals surface area (Å²) >= 11 is 0. The number of ether oxygens (including phenoxy) is 2. The summed E-state index contributed by atoms with van der Waals surface area (Å²) in [4.78, 5) is 12.1. The second-order valence-corrected chi connectivity index (χ2v) is 3.78. The fourth-order valence-electron chi connectivity index (χ4n) is 1.85. The lowest BCUT2D eigenvalue weighted by Crippen LogP contribution is -2.39. The highest BCUT2D eigenvalue weighted by molar-refractivity contribution is 5.81. The third-order valence-electron chi connectivity index (χ3n) is 2.78. The lowest BCUT2D eigenvalue weighted by Gasteiger charge is -2.29. The Labute approximate surface area is 107 Å². The van der Waals surface area contributed by atoms with Crippen molar-refractivity contribution < 1.29 is 14.3 Å². The average Bonchev–Trinajstić information content (AvgIpc) is 2.42. The molecule has 0 bridgehead atoms. The fourth-order valence-corrected chi connectivity index (χ4v) is 1.85. The second-order valence-electron chi connectivity index (χ2n) is 3.78. The molecule has 1 aromatic rings. The number of carbonyl (C=O) groups excluding carboxylic acids is 1. The highest BCUT2D eigenvalue weighted by Crippen LogP contribution is 2.31. The van der Waals surface area contributed by atoms with E-state index in [1.54, 1.807) is 19.1 Å². The highest BCUT2D eigenvalue weighted by Gasteiger charge is 2.41. The zero-order valence-corrected chi connectivity index (χ0v) is 10.7. The molecule has 0 aliphatic heterocycles. The van der Waals surface area contributed by atoms with Gasteiger partial charge in [0.15, 0.2) is 5.60 Å². The number of hydrogen-bond acceptors (Lipinski definition) is 4. The Kier molecular flexibility index (Phi) is 5.34. The number of benzene rings is 1. The van der Waals surface area contributed by atoms with Gasteiger partial charge in [-0.2, -0.15) is 5.26 Å². The maximum Gasteiger partial charge on any atom is 0.343 e. The molecular weight excluding hydrogens is 230 g/mol. The van der Waals surface area contributed by atoms with Gasteiger partial charge >= 0.3 is 5.97 Å². The Morgan fingerprint density at radius 1 is 1.39 bits per heavy atom. The highest BCUT2D eigenvalue weighted by atomic mass is 16.6. The van der Waals surface area contributed by atoms with Crippen LogP contribution in [-0.2, 0) is 19.9 Å². The molecule has 0 aliphatic carbocycles. The standard InChI is InChI=1S/C14H17NO3/c1-3-18-13(16)14(17-2,10-7-11-15)12-8-5-4-6-9-12/h4-6,8-9H,3,7,10H2,1-2H3. The maximum absolute atomic E-state index is 12.1. The summed E-state index contributed by atoms with van der Waals surface area (Å²) < 4.78 is 10.5. The lowest BCUT2D eigenvalue weighted by atomic mass is 9.89. The van der Waals surface area contributed by atoms with Crippen molar-refractivity contribution in [1.29, 1.82) is 5.26 Å². The number of hydrogen-bond donors (Lipinski definition) is 0. The minimum Gasteiger partial charge on any atom is -0.464 e. The predicted molar refractivity (Wildman–Crippen MR) is 66.6 cm³/mol. The van der Waals surface area contributed by atoms with Gasteiger partial charge in [-0.15, -0.1) is 0 Å². The number of nitriles is 1. The van der Waals surface area contributed by atoms with Crippen molar-refractivity contribution in [3.8, 4) is 6.07 Å². The van der Waals surface area contributed by atoms with Crippen LogP contribution in [0.2, 0.25) is 0 Å². The number of methoxy groups -OCH3 is 1. The van der Waals surface area contributed by atoms with Gasteiger partial charge in [-0.1, -0.05) is 30.3 Å². The third kappa shape index (κ3) is 2.88. The number of rotatable bonds is 6. The van der Waals surface area contributed by atoms with Crippen molar-refractivity contribution in [2.45, 2.75) is 25.4 Å². The van der Waals surface area contributed by atoms with E-state index >= 15 is 0 Å². The Hall–Kier alpha value is -1.86. The van der Waals surface area contributed by atoms with Crippen molar-refractivity contribution in [3.63, 3.8) is 0 Å². The van der Waals surface area contributed by atoms with Gasteiger partial charge in [0.05, 0.1) is 12.7 Å². The number of esters is 1. The van der Waals surface area contributed by atoms with Gasteiger partial charge in [0.1, 0.15) is 0 Å². The Morgan fingerprint density at radius 3 is 2.56 bits per heavy atom. The molecule has 1 atom stereocenters. The van der Waals surface area contributed by atoms with Crippen LogP contribution in [0.1, 0.15) is 25.3 Å². The van der Waals surface area contributed by atoms with Crippen molar-refractivity contribution in [2.75, 3.05) is 13.7 Å². The molecule has 0 amide bonds. The summed E-state index contributed by atoms with van der Waals surface area (Å²) in [5.41, 5.74) is -0.478. The fraction of sp³-hybridized carbons (Fsp3) is 0.429. The SMILES string of the molecule is CCOC(=O)C(CCC#N)(OC)c1ccccc1. The first kappa shape index (κ1) is 14.2. The molecule has 1 aromatic carbocycles. The van der Waals surface area contributed by atoms with Crippen LogP contribution in [0.15, 0.2) is 30.3 Å². The molecule has 0 N–H and O–H groups in total. The first-order valence-corrected chi connectivity index (χ1v) is 5.86. The van der Waals surface area contributed by atoms with E-state index in [0.29, 0.717) is 5.56 Å². The van der Waals surface area contributed by atoms with E-state index in [-0.39, 0.29) is 19.4 Å². The van der Waals surface area contributed by atoms with E-state index in [1.165, 1.54) is 7.11 Å². The Bertz CT molecular complexity index is 424. The molecule has 0 aliphatic rings. The summed E-state index contributed by atoms with van der Waals surface area (Å²) in [5, 5.41) is 8.73. The minimum atomic E-state index is -1.19. The van der Waals surface area contributed by atoms with E-state index < -0.39 is 11.6 Å². The number of nitrogens with zero attached hydrogens (tertiary/aromatic N) is 1. The molecule has 0 heterocycles. The first-order chi connectivity index (χ1) is 8.71. The molecular formula is C14H17NO3. The number of carbonyl (C=O) groups is 1. The summed E-state index contributed by atoms with van der Waals surface area (Å²) in [6.45, 7) is 2.02. The quantitative estimate of drug-likeness (QED) is 0.724. The molecule has 0 saturated carbocycles. The molecule has 1 unspecified atom stereocenters. The van der Waals surface area contributed by atoms with E-state index in [0.717, 1.165) is 0 Å². The molecule has 0 fully saturated rings. The molecule has 0 aromatic heterocycles. The van der Waals surface area contributed by atoms with Gasteiger partial charge in [0.2, 0.25) is 0 Å². The van der Waals surface area contributed by atoms with Gasteiger partial charge in [0, 0.05) is 20.0 Å². The summed E-state index contributed by atoms with van der Waals surface area (Å²) in [6.07, 6.45) is 0.504. The lowest BCUT2D eigenvalue weighted by molar-refractivity contribution is -0.171. The zero-order valence-electron chi connectivity index (χ0n) is 10.7. The van der Waals surface area contributed by atoms with Crippen LogP contribution in [0.5, 0.6) is 0 Å². The van der Waals surface area contributed by atoms with E-state index in [1.807, 2.05) is 24.3 Å². The predicted octanol–water partition coefficient (Wildman–Crippen LogP) is 2.40. The maximum atomic E-state index is 12.1. The van der Waals surface area contributed by atoms with Crippen LogP contribution in [0.3, 0.4) is 0 Å². The molecule has 4 nitrogen and oxygen atoms in total. The van der Waals surface area contributed by atoms with Crippen LogP contribution >= 0.6 is 0 Å². The molecule has 0 saturated heterocycles. The molecule has 18 heavy (non-hydrogen) atoms. The molecule has 1 rings (SSSR count). The van der Waals surface area contributed by atoms with Crippen molar-refractivity contribution in [3.05, 3.63) is 35.9 Å². The minimum absolute atomic E-state index is 0.224. The first-order valence-electron chi connectivity index (χ1n) is 5.86. The van der Waals surface area contributed by atoms with Gasteiger partial charge < -0.3 is 9.47 Å². The second kappa shape index (κ2) is 6.77. The monoisotopic (exact) mass is 247 g/mol. The van der Waals surface area contributed by atoms with Crippen LogP contribution in [0, 0.1) is 11.3 Å². The van der Waals surface area contributed by atoms with Crippen LogP contribution in [-0.4, -0.2) is 19.7 Å².